The largest absolute Gasteiger partial charge is 0.384 e. The fourth-order valence-corrected chi connectivity index (χ4v) is 1.73. The number of aromatic nitrogens is 1. The maximum Gasteiger partial charge on any atom is 0.0573 e. The van der Waals surface area contributed by atoms with E-state index in [0.29, 0.717) is 5.92 Å². The third kappa shape index (κ3) is 4.29. The zero-order valence-electron chi connectivity index (χ0n) is 10.5. The number of aryl methyl sites for hydroxylation is 1. The molecule has 1 rings (SSSR count). The van der Waals surface area contributed by atoms with Crippen LogP contribution in [-0.2, 0) is 17.7 Å². The van der Waals surface area contributed by atoms with Crippen molar-refractivity contribution in [1.29, 1.82) is 0 Å². The van der Waals surface area contributed by atoms with Crippen LogP contribution in [0.15, 0.2) is 18.3 Å². The highest BCUT2D eigenvalue weighted by atomic mass is 16.5. The smallest absolute Gasteiger partial charge is 0.0573 e. The number of hydrogen-bond acceptors (Lipinski definition) is 3. The van der Waals surface area contributed by atoms with E-state index < -0.39 is 0 Å². The van der Waals surface area contributed by atoms with Gasteiger partial charge in [0.1, 0.15) is 0 Å². The van der Waals surface area contributed by atoms with Gasteiger partial charge in [-0.05, 0) is 24.0 Å². The summed E-state index contributed by atoms with van der Waals surface area (Å²) in [7, 11) is 1.74. The predicted octanol–water partition coefficient (Wildman–Crippen LogP) is 2.02. The van der Waals surface area contributed by atoms with Crippen molar-refractivity contribution >= 4 is 0 Å². The molecule has 16 heavy (non-hydrogen) atoms. The summed E-state index contributed by atoms with van der Waals surface area (Å²) < 4.78 is 5.10. The van der Waals surface area contributed by atoms with Gasteiger partial charge in [-0.25, -0.2) is 0 Å². The molecule has 1 unspecified atom stereocenters. The number of rotatable bonds is 7. The molecule has 0 bridgehead atoms. The number of ether oxygens (including phenoxy) is 1. The summed E-state index contributed by atoms with van der Waals surface area (Å²) in [6.45, 7) is 6.95. The Hall–Kier alpha value is -0.930. The number of nitrogens with one attached hydrogen (secondary N) is 1. The summed E-state index contributed by atoms with van der Waals surface area (Å²) in [5.41, 5.74) is 2.49. The molecule has 0 aromatic carbocycles. The Labute approximate surface area is 98.2 Å². The third-order valence-corrected chi connectivity index (χ3v) is 2.60. The van der Waals surface area contributed by atoms with E-state index in [1.54, 1.807) is 7.11 Å². The molecule has 0 aliphatic carbocycles. The number of pyridine rings is 1. The van der Waals surface area contributed by atoms with Gasteiger partial charge in [0.15, 0.2) is 0 Å². The lowest BCUT2D eigenvalue weighted by Crippen LogP contribution is -2.24. The molecule has 1 atom stereocenters. The zero-order valence-corrected chi connectivity index (χ0v) is 10.5. The first-order valence-electron chi connectivity index (χ1n) is 5.90. The monoisotopic (exact) mass is 222 g/mol. The molecule has 0 radical (unpaired) electrons. The fourth-order valence-electron chi connectivity index (χ4n) is 1.73. The molecular formula is C13H22N2O. The lowest BCUT2D eigenvalue weighted by molar-refractivity contribution is 0.158. The SMILES string of the molecule is CCc1cccnc1CNCC(C)COC. The Morgan fingerprint density at radius 2 is 2.31 bits per heavy atom. The molecule has 90 valence electrons. The lowest BCUT2D eigenvalue weighted by atomic mass is 10.1. The van der Waals surface area contributed by atoms with E-state index in [1.807, 2.05) is 12.3 Å². The Bertz CT molecular complexity index is 302. The Balaban J connectivity index is 2.36. The van der Waals surface area contributed by atoms with Crippen molar-refractivity contribution in [2.24, 2.45) is 5.92 Å². The van der Waals surface area contributed by atoms with Gasteiger partial charge in [0.2, 0.25) is 0 Å². The van der Waals surface area contributed by atoms with Crippen LogP contribution in [0.5, 0.6) is 0 Å². The first kappa shape index (κ1) is 13.1. The zero-order chi connectivity index (χ0) is 11.8. The highest BCUT2D eigenvalue weighted by Gasteiger charge is 2.03. The number of methoxy groups -OCH3 is 1. The van der Waals surface area contributed by atoms with Crippen LogP contribution < -0.4 is 5.32 Å². The van der Waals surface area contributed by atoms with Crippen molar-refractivity contribution in [3.63, 3.8) is 0 Å². The summed E-state index contributed by atoms with van der Waals surface area (Å²) in [6, 6.07) is 4.14. The van der Waals surface area contributed by atoms with Gasteiger partial charge >= 0.3 is 0 Å². The van der Waals surface area contributed by atoms with Crippen LogP contribution >= 0.6 is 0 Å². The van der Waals surface area contributed by atoms with E-state index in [0.717, 1.165) is 31.8 Å². The van der Waals surface area contributed by atoms with Crippen LogP contribution in [-0.4, -0.2) is 25.2 Å². The first-order chi connectivity index (χ1) is 7.77. The molecule has 1 heterocycles. The van der Waals surface area contributed by atoms with Crippen LogP contribution in [0.1, 0.15) is 25.1 Å². The van der Waals surface area contributed by atoms with Crippen molar-refractivity contribution in [1.82, 2.24) is 10.3 Å². The fraction of sp³-hybridized carbons (Fsp3) is 0.615. The quantitative estimate of drug-likeness (QED) is 0.766. The summed E-state index contributed by atoms with van der Waals surface area (Å²) >= 11 is 0. The standard InChI is InChI=1S/C13H22N2O/c1-4-12-6-5-7-15-13(12)9-14-8-11(2)10-16-3/h5-7,11,14H,4,8-10H2,1-3H3. The molecule has 3 nitrogen and oxygen atoms in total. The van der Waals surface area contributed by atoms with Crippen molar-refractivity contribution in [3.05, 3.63) is 29.6 Å². The summed E-state index contributed by atoms with van der Waals surface area (Å²) in [5, 5.41) is 3.42. The molecule has 0 spiro atoms. The van der Waals surface area contributed by atoms with Crippen LogP contribution in [0, 0.1) is 5.92 Å². The summed E-state index contributed by atoms with van der Waals surface area (Å²) in [6.07, 6.45) is 2.90. The van der Waals surface area contributed by atoms with Crippen molar-refractivity contribution in [2.45, 2.75) is 26.8 Å². The van der Waals surface area contributed by atoms with Crippen molar-refractivity contribution in [3.8, 4) is 0 Å². The van der Waals surface area contributed by atoms with Gasteiger partial charge in [0.05, 0.1) is 5.69 Å². The average Bonchev–Trinajstić information content (AvgIpc) is 2.30. The predicted molar refractivity (Wildman–Crippen MR) is 66.4 cm³/mol. The number of nitrogens with zero attached hydrogens (tertiary/aromatic N) is 1. The second kappa shape index (κ2) is 7.36. The van der Waals surface area contributed by atoms with E-state index in [2.05, 4.69) is 30.2 Å². The van der Waals surface area contributed by atoms with Crippen LogP contribution in [0.2, 0.25) is 0 Å². The van der Waals surface area contributed by atoms with Crippen LogP contribution in [0.4, 0.5) is 0 Å². The van der Waals surface area contributed by atoms with E-state index in [4.69, 9.17) is 4.74 Å². The molecule has 1 N–H and O–H groups in total. The molecule has 0 aliphatic heterocycles. The molecule has 0 fully saturated rings. The van der Waals surface area contributed by atoms with E-state index >= 15 is 0 Å². The van der Waals surface area contributed by atoms with E-state index in [-0.39, 0.29) is 0 Å². The Morgan fingerprint density at radius 1 is 1.50 bits per heavy atom. The maximum absolute atomic E-state index is 5.10. The molecule has 1 aromatic heterocycles. The Morgan fingerprint density at radius 3 is 3.00 bits per heavy atom. The van der Waals surface area contributed by atoms with Gasteiger partial charge in [-0.15, -0.1) is 0 Å². The highest BCUT2D eigenvalue weighted by Crippen LogP contribution is 2.05. The molecular weight excluding hydrogens is 200 g/mol. The third-order valence-electron chi connectivity index (χ3n) is 2.60. The van der Waals surface area contributed by atoms with E-state index in [1.165, 1.54) is 5.56 Å². The second-order valence-electron chi connectivity index (χ2n) is 4.15. The molecule has 1 aromatic rings. The first-order valence-corrected chi connectivity index (χ1v) is 5.90. The minimum Gasteiger partial charge on any atom is -0.384 e. The second-order valence-corrected chi connectivity index (χ2v) is 4.15. The highest BCUT2D eigenvalue weighted by molar-refractivity contribution is 5.19. The van der Waals surface area contributed by atoms with Gasteiger partial charge in [0, 0.05) is 33.0 Å². The summed E-state index contributed by atoms with van der Waals surface area (Å²) in [5.74, 6) is 0.541. The van der Waals surface area contributed by atoms with Crippen LogP contribution in [0.3, 0.4) is 0 Å². The molecule has 0 amide bonds. The lowest BCUT2D eigenvalue weighted by Gasteiger charge is -2.12. The topological polar surface area (TPSA) is 34.2 Å². The Kier molecular flexibility index (Phi) is 6.04. The van der Waals surface area contributed by atoms with Gasteiger partial charge in [0.25, 0.3) is 0 Å². The minimum absolute atomic E-state index is 0.541. The molecule has 3 heteroatoms. The van der Waals surface area contributed by atoms with Gasteiger partial charge in [-0.1, -0.05) is 19.9 Å². The van der Waals surface area contributed by atoms with Gasteiger partial charge < -0.3 is 10.1 Å². The number of hydrogen-bond donors (Lipinski definition) is 1. The summed E-state index contributed by atoms with van der Waals surface area (Å²) in [4.78, 5) is 4.40. The molecule has 0 aliphatic rings. The maximum atomic E-state index is 5.10. The molecule has 0 saturated heterocycles. The van der Waals surface area contributed by atoms with E-state index in [9.17, 15) is 0 Å². The molecule has 0 saturated carbocycles. The van der Waals surface area contributed by atoms with Gasteiger partial charge in [-0.3, -0.25) is 4.98 Å². The normalized spacial score (nSPS) is 12.7. The van der Waals surface area contributed by atoms with Crippen molar-refractivity contribution < 1.29 is 4.74 Å². The van der Waals surface area contributed by atoms with Gasteiger partial charge in [-0.2, -0.15) is 0 Å². The average molecular weight is 222 g/mol. The minimum atomic E-state index is 0.541. The van der Waals surface area contributed by atoms with Crippen molar-refractivity contribution in [2.75, 3.05) is 20.3 Å². The van der Waals surface area contributed by atoms with Crippen LogP contribution in [0.25, 0.3) is 0 Å².